The maximum atomic E-state index is 13.6. The molecular weight excluding hydrogens is 472 g/mol. The number of hydrogen-bond acceptors (Lipinski definition) is 5. The van der Waals surface area contributed by atoms with Gasteiger partial charge in [0.1, 0.15) is 17.5 Å². The number of piperidine rings is 1. The van der Waals surface area contributed by atoms with Gasteiger partial charge in [-0.15, -0.1) is 10.2 Å². The predicted molar refractivity (Wildman–Crippen MR) is 120 cm³/mol. The van der Waals surface area contributed by atoms with Gasteiger partial charge in [-0.25, -0.2) is 9.37 Å². The lowest BCUT2D eigenvalue weighted by Gasteiger charge is -2.32. The van der Waals surface area contributed by atoms with E-state index in [2.05, 4.69) is 20.1 Å². The summed E-state index contributed by atoms with van der Waals surface area (Å²) in [4.78, 5) is 7.65. The molecule has 0 amide bonds. The molecule has 2 aliphatic rings. The van der Waals surface area contributed by atoms with Gasteiger partial charge in [-0.2, -0.15) is 13.2 Å². The summed E-state index contributed by atoms with van der Waals surface area (Å²) in [6, 6.07) is 7.02. The minimum atomic E-state index is -4.32. The fraction of sp³-hybridized carbons (Fsp3) is 0.435. The molecule has 34 heavy (non-hydrogen) atoms. The fourth-order valence-electron chi connectivity index (χ4n) is 4.78. The number of alkyl halides is 3. The lowest BCUT2D eigenvalue weighted by molar-refractivity contribution is -0.148. The monoisotopic (exact) mass is 494 g/mol. The third-order valence-electron chi connectivity index (χ3n) is 6.42. The summed E-state index contributed by atoms with van der Waals surface area (Å²) in [6.45, 7) is 2.24. The maximum absolute atomic E-state index is 13.6. The maximum Gasteiger partial charge on any atom is 0.401 e. The molecule has 1 saturated heterocycles. The van der Waals surface area contributed by atoms with Crippen molar-refractivity contribution in [3.8, 4) is 5.69 Å². The molecule has 5 rings (SSSR count). The highest BCUT2D eigenvalue weighted by molar-refractivity contribution is 6.30. The lowest BCUT2D eigenvalue weighted by atomic mass is 9.95. The molecule has 180 valence electrons. The third-order valence-corrected chi connectivity index (χ3v) is 6.65. The second-order valence-electron chi connectivity index (χ2n) is 8.90. The van der Waals surface area contributed by atoms with Gasteiger partial charge in [0.05, 0.1) is 25.0 Å². The first-order chi connectivity index (χ1) is 16.2. The topological polar surface area (TPSA) is 50.1 Å². The quantitative estimate of drug-likeness (QED) is 0.478. The number of anilines is 1. The molecule has 0 radical (unpaired) electrons. The SMILES string of the molecule is Cc1cc(N2CCC(c3nnc4n3-c3ccc(Cl)cc3CN(CC(F)(F)F)C4)CC2)ncc1F. The van der Waals surface area contributed by atoms with E-state index in [0.29, 0.717) is 35.1 Å². The molecule has 4 heterocycles. The van der Waals surface area contributed by atoms with E-state index < -0.39 is 12.7 Å². The van der Waals surface area contributed by atoms with Gasteiger partial charge >= 0.3 is 6.18 Å². The van der Waals surface area contributed by atoms with E-state index in [1.165, 1.54) is 11.1 Å². The summed E-state index contributed by atoms with van der Waals surface area (Å²) in [5.41, 5.74) is 2.02. The summed E-state index contributed by atoms with van der Waals surface area (Å²) in [5.74, 6) is 1.72. The summed E-state index contributed by atoms with van der Waals surface area (Å²) >= 11 is 6.18. The van der Waals surface area contributed by atoms with E-state index in [4.69, 9.17) is 11.6 Å². The van der Waals surface area contributed by atoms with Crippen LogP contribution in [-0.4, -0.2) is 50.5 Å². The Bertz CT molecular complexity index is 1200. The number of aryl methyl sites for hydroxylation is 1. The number of hydrogen-bond donors (Lipinski definition) is 0. The van der Waals surface area contributed by atoms with E-state index >= 15 is 0 Å². The highest BCUT2D eigenvalue weighted by atomic mass is 35.5. The first kappa shape index (κ1) is 23.0. The zero-order chi connectivity index (χ0) is 24.0. The van der Waals surface area contributed by atoms with Crippen molar-refractivity contribution in [1.82, 2.24) is 24.6 Å². The normalized spacial score (nSPS) is 17.4. The van der Waals surface area contributed by atoms with Crippen LogP contribution in [0.15, 0.2) is 30.5 Å². The second kappa shape index (κ2) is 8.81. The number of halogens is 5. The Morgan fingerprint density at radius 3 is 2.56 bits per heavy atom. The highest BCUT2D eigenvalue weighted by Gasteiger charge is 2.35. The molecule has 0 atom stereocenters. The molecular formula is C23H23ClF4N6. The highest BCUT2D eigenvalue weighted by Crippen LogP contribution is 2.35. The minimum absolute atomic E-state index is 0.0381. The molecule has 3 aromatic rings. The zero-order valence-corrected chi connectivity index (χ0v) is 19.2. The van der Waals surface area contributed by atoms with Crippen LogP contribution < -0.4 is 4.90 Å². The molecule has 0 saturated carbocycles. The van der Waals surface area contributed by atoms with Gasteiger partial charge in [0.15, 0.2) is 5.82 Å². The van der Waals surface area contributed by atoms with Crippen molar-refractivity contribution in [3.05, 3.63) is 64.1 Å². The Morgan fingerprint density at radius 1 is 1.09 bits per heavy atom. The van der Waals surface area contributed by atoms with Gasteiger partial charge in [0.2, 0.25) is 0 Å². The number of fused-ring (bicyclic) bond motifs is 3. The number of nitrogens with zero attached hydrogens (tertiary/aromatic N) is 6. The van der Waals surface area contributed by atoms with E-state index in [9.17, 15) is 17.6 Å². The van der Waals surface area contributed by atoms with Crippen molar-refractivity contribution < 1.29 is 17.6 Å². The van der Waals surface area contributed by atoms with Crippen LogP contribution in [0.2, 0.25) is 5.02 Å². The molecule has 6 nitrogen and oxygen atoms in total. The first-order valence-electron chi connectivity index (χ1n) is 11.1. The Hall–Kier alpha value is -2.72. The second-order valence-corrected chi connectivity index (χ2v) is 9.33. The smallest absolute Gasteiger partial charge is 0.357 e. The minimum Gasteiger partial charge on any atom is -0.357 e. The Labute approximate surface area is 199 Å². The van der Waals surface area contributed by atoms with E-state index in [0.717, 1.165) is 30.2 Å². The zero-order valence-electron chi connectivity index (χ0n) is 18.5. The van der Waals surface area contributed by atoms with Gasteiger partial charge in [-0.05, 0) is 55.2 Å². The first-order valence-corrected chi connectivity index (χ1v) is 11.4. The Morgan fingerprint density at radius 2 is 1.85 bits per heavy atom. The number of rotatable bonds is 3. The van der Waals surface area contributed by atoms with Crippen LogP contribution in [0.5, 0.6) is 0 Å². The van der Waals surface area contributed by atoms with Crippen LogP contribution in [0.25, 0.3) is 5.69 Å². The van der Waals surface area contributed by atoms with Crippen molar-refractivity contribution in [1.29, 1.82) is 0 Å². The van der Waals surface area contributed by atoms with E-state index in [1.807, 2.05) is 10.6 Å². The Balaban J connectivity index is 1.43. The Kier molecular flexibility index (Phi) is 5.97. The van der Waals surface area contributed by atoms with Crippen molar-refractivity contribution in [3.63, 3.8) is 0 Å². The number of aromatic nitrogens is 4. The standard InChI is InChI=1S/C23H23ClF4N6/c1-14-8-20(29-10-18(14)25)33-6-4-15(5-7-33)22-31-30-21-12-32(13-23(26,27)28)11-16-9-17(24)2-3-19(16)34(21)22/h2-3,8-10,15H,4-7,11-13H2,1H3. The van der Waals surface area contributed by atoms with Gasteiger partial charge in [-0.3, -0.25) is 9.47 Å². The number of benzene rings is 1. The lowest BCUT2D eigenvalue weighted by Crippen LogP contribution is -2.34. The molecule has 0 N–H and O–H groups in total. The predicted octanol–water partition coefficient (Wildman–Crippen LogP) is 5.03. The summed E-state index contributed by atoms with van der Waals surface area (Å²) in [7, 11) is 0. The molecule has 0 aliphatic carbocycles. The van der Waals surface area contributed by atoms with E-state index in [-0.39, 0.29) is 24.8 Å². The van der Waals surface area contributed by atoms with Gasteiger partial charge < -0.3 is 4.90 Å². The molecule has 2 aromatic heterocycles. The van der Waals surface area contributed by atoms with Crippen molar-refractivity contribution in [2.45, 2.75) is 44.9 Å². The number of pyridine rings is 1. The van der Waals surface area contributed by atoms with Crippen LogP contribution in [0.4, 0.5) is 23.4 Å². The van der Waals surface area contributed by atoms with E-state index in [1.54, 1.807) is 25.1 Å². The molecule has 0 bridgehead atoms. The molecule has 1 fully saturated rings. The van der Waals surface area contributed by atoms with Crippen molar-refractivity contribution >= 4 is 17.4 Å². The van der Waals surface area contributed by atoms with Crippen molar-refractivity contribution in [2.24, 2.45) is 0 Å². The van der Waals surface area contributed by atoms with Gasteiger partial charge in [-0.1, -0.05) is 11.6 Å². The molecule has 11 heteroatoms. The average molecular weight is 495 g/mol. The van der Waals surface area contributed by atoms with Gasteiger partial charge in [0, 0.05) is 30.6 Å². The molecule has 0 spiro atoms. The summed E-state index contributed by atoms with van der Waals surface area (Å²) in [6.07, 6.45) is -1.54. The third kappa shape index (κ3) is 4.61. The van der Waals surface area contributed by atoms with Crippen LogP contribution >= 0.6 is 11.6 Å². The van der Waals surface area contributed by atoms with Crippen molar-refractivity contribution in [2.75, 3.05) is 24.5 Å². The fourth-order valence-corrected chi connectivity index (χ4v) is 4.98. The van der Waals surface area contributed by atoms with Gasteiger partial charge in [0.25, 0.3) is 0 Å². The summed E-state index contributed by atoms with van der Waals surface area (Å²) < 4.78 is 55.1. The van der Waals surface area contributed by atoms with Crippen LogP contribution in [-0.2, 0) is 13.1 Å². The summed E-state index contributed by atoms with van der Waals surface area (Å²) in [5, 5.41) is 9.19. The molecule has 0 unspecified atom stereocenters. The average Bonchev–Trinajstić information content (AvgIpc) is 3.11. The van der Waals surface area contributed by atoms with Crippen LogP contribution in [0.3, 0.4) is 0 Å². The van der Waals surface area contributed by atoms with Crippen LogP contribution in [0.1, 0.15) is 41.5 Å². The molecule has 2 aliphatic heterocycles. The van der Waals surface area contributed by atoms with Crippen LogP contribution in [0, 0.1) is 12.7 Å². The molecule has 1 aromatic carbocycles. The largest absolute Gasteiger partial charge is 0.401 e.